The minimum Gasteiger partial charge on any atom is -0.444 e. The van der Waals surface area contributed by atoms with Crippen LogP contribution in [0.3, 0.4) is 0 Å². The van der Waals surface area contributed by atoms with Crippen molar-refractivity contribution in [2.24, 2.45) is 0 Å². The summed E-state index contributed by atoms with van der Waals surface area (Å²) < 4.78 is 5.45. The molecule has 0 unspecified atom stereocenters. The van der Waals surface area contributed by atoms with Gasteiger partial charge < -0.3 is 15.0 Å². The zero-order chi connectivity index (χ0) is 15.7. The fraction of sp³-hybridized carbons (Fsp3) is 0.600. The predicted molar refractivity (Wildman–Crippen MR) is 82.4 cm³/mol. The number of nitrogens with zero attached hydrogens (tertiary/aromatic N) is 2. The second kappa shape index (κ2) is 5.81. The first kappa shape index (κ1) is 16.0. The molecule has 0 aliphatic carbocycles. The Labute approximate surface area is 130 Å². The molecule has 2 rings (SSSR count). The standard InChI is InChI=1S/C15H22ClN3O2/c1-14(2,3)21-13(20)19-8-7-18-15(4,10-19)11-5-6-12(16)17-9-11/h5-6,9,18H,7-8,10H2,1-4H3/t15-/m1/s1. The number of carbonyl (C=O) groups is 1. The molecular weight excluding hydrogens is 290 g/mol. The third-order valence-corrected chi connectivity index (χ3v) is 3.64. The van der Waals surface area contributed by atoms with Crippen LogP contribution in [-0.4, -0.2) is 41.2 Å². The molecule has 1 saturated heterocycles. The van der Waals surface area contributed by atoms with Gasteiger partial charge in [-0.05, 0) is 39.3 Å². The molecule has 1 N–H and O–H groups in total. The molecule has 21 heavy (non-hydrogen) atoms. The van der Waals surface area contributed by atoms with Gasteiger partial charge in [-0.25, -0.2) is 9.78 Å². The molecule has 1 aliphatic heterocycles. The van der Waals surface area contributed by atoms with E-state index in [-0.39, 0.29) is 11.6 Å². The van der Waals surface area contributed by atoms with E-state index in [1.165, 1.54) is 0 Å². The third kappa shape index (κ3) is 4.08. The van der Waals surface area contributed by atoms with Crippen LogP contribution >= 0.6 is 11.6 Å². The molecule has 0 saturated carbocycles. The molecule has 1 amide bonds. The lowest BCUT2D eigenvalue weighted by atomic mass is 9.91. The van der Waals surface area contributed by atoms with Gasteiger partial charge in [0.05, 0.1) is 5.54 Å². The zero-order valence-corrected chi connectivity index (χ0v) is 13.7. The number of pyridine rings is 1. The Bertz CT molecular complexity index is 513. The highest BCUT2D eigenvalue weighted by Gasteiger charge is 2.36. The summed E-state index contributed by atoms with van der Waals surface area (Å²) >= 11 is 5.83. The van der Waals surface area contributed by atoms with Crippen molar-refractivity contribution in [2.75, 3.05) is 19.6 Å². The van der Waals surface area contributed by atoms with Crippen LogP contribution in [-0.2, 0) is 10.3 Å². The highest BCUT2D eigenvalue weighted by molar-refractivity contribution is 6.29. The SMILES string of the molecule is CC(C)(C)OC(=O)N1CCN[C@@](C)(c2ccc(Cl)nc2)C1. The first-order valence-electron chi connectivity index (χ1n) is 7.05. The Morgan fingerprint density at radius 1 is 1.48 bits per heavy atom. The molecule has 1 aromatic rings. The number of ether oxygens (including phenoxy) is 1. The maximum Gasteiger partial charge on any atom is 0.410 e. The summed E-state index contributed by atoms with van der Waals surface area (Å²) in [7, 11) is 0. The van der Waals surface area contributed by atoms with Crippen LogP contribution in [0.2, 0.25) is 5.15 Å². The van der Waals surface area contributed by atoms with Crippen molar-refractivity contribution in [1.29, 1.82) is 0 Å². The van der Waals surface area contributed by atoms with Gasteiger partial charge in [-0.1, -0.05) is 17.7 Å². The van der Waals surface area contributed by atoms with E-state index in [9.17, 15) is 4.79 Å². The molecule has 6 heteroatoms. The zero-order valence-electron chi connectivity index (χ0n) is 12.9. The second-order valence-corrected chi connectivity index (χ2v) is 6.92. The fourth-order valence-corrected chi connectivity index (χ4v) is 2.47. The van der Waals surface area contributed by atoms with Crippen LogP contribution in [0.4, 0.5) is 4.79 Å². The van der Waals surface area contributed by atoms with Crippen LogP contribution in [0.25, 0.3) is 0 Å². The molecule has 0 aromatic carbocycles. The highest BCUT2D eigenvalue weighted by Crippen LogP contribution is 2.25. The molecule has 0 bridgehead atoms. The largest absolute Gasteiger partial charge is 0.444 e. The summed E-state index contributed by atoms with van der Waals surface area (Å²) in [5.74, 6) is 0. The first-order valence-corrected chi connectivity index (χ1v) is 7.42. The molecule has 2 heterocycles. The van der Waals surface area contributed by atoms with E-state index < -0.39 is 5.60 Å². The molecule has 1 atom stereocenters. The van der Waals surface area contributed by atoms with E-state index >= 15 is 0 Å². The van der Waals surface area contributed by atoms with Crippen molar-refractivity contribution >= 4 is 17.7 Å². The van der Waals surface area contributed by atoms with E-state index in [0.29, 0.717) is 24.8 Å². The maximum atomic E-state index is 12.2. The third-order valence-electron chi connectivity index (χ3n) is 3.42. The van der Waals surface area contributed by atoms with Gasteiger partial charge in [0.25, 0.3) is 0 Å². The molecule has 1 fully saturated rings. The van der Waals surface area contributed by atoms with E-state index in [0.717, 1.165) is 5.56 Å². The smallest absolute Gasteiger partial charge is 0.410 e. The van der Waals surface area contributed by atoms with Crippen molar-refractivity contribution < 1.29 is 9.53 Å². The topological polar surface area (TPSA) is 54.5 Å². The van der Waals surface area contributed by atoms with Gasteiger partial charge in [0.15, 0.2) is 0 Å². The Hall–Kier alpha value is -1.33. The van der Waals surface area contributed by atoms with E-state index in [4.69, 9.17) is 16.3 Å². The summed E-state index contributed by atoms with van der Waals surface area (Å²) in [5.41, 5.74) is 0.160. The number of hydrogen-bond donors (Lipinski definition) is 1. The fourth-order valence-electron chi connectivity index (χ4n) is 2.36. The number of halogens is 1. The van der Waals surface area contributed by atoms with Crippen LogP contribution in [0.1, 0.15) is 33.3 Å². The molecule has 1 aliphatic rings. The van der Waals surface area contributed by atoms with Crippen molar-refractivity contribution in [3.63, 3.8) is 0 Å². The number of nitrogens with one attached hydrogen (secondary N) is 1. The van der Waals surface area contributed by atoms with Crippen molar-refractivity contribution in [3.8, 4) is 0 Å². The number of hydrogen-bond acceptors (Lipinski definition) is 4. The molecule has 0 spiro atoms. The van der Waals surface area contributed by atoms with Gasteiger partial charge >= 0.3 is 6.09 Å². The van der Waals surface area contributed by atoms with Crippen LogP contribution in [0.5, 0.6) is 0 Å². The summed E-state index contributed by atoms with van der Waals surface area (Å²) in [6, 6.07) is 3.69. The maximum absolute atomic E-state index is 12.2. The van der Waals surface area contributed by atoms with Gasteiger partial charge in [0.2, 0.25) is 0 Å². The number of carbonyl (C=O) groups excluding carboxylic acids is 1. The predicted octanol–water partition coefficient (Wildman–Crippen LogP) is 2.79. The van der Waals surface area contributed by atoms with Crippen LogP contribution in [0.15, 0.2) is 18.3 Å². The summed E-state index contributed by atoms with van der Waals surface area (Å²) in [4.78, 5) is 18.1. The number of aromatic nitrogens is 1. The Kier molecular flexibility index (Phi) is 4.44. The second-order valence-electron chi connectivity index (χ2n) is 6.53. The average molecular weight is 312 g/mol. The highest BCUT2D eigenvalue weighted by atomic mass is 35.5. The summed E-state index contributed by atoms with van der Waals surface area (Å²) in [5, 5.41) is 3.91. The van der Waals surface area contributed by atoms with Gasteiger partial charge in [-0.15, -0.1) is 0 Å². The molecule has 0 radical (unpaired) electrons. The quantitative estimate of drug-likeness (QED) is 0.810. The number of rotatable bonds is 1. The number of piperazine rings is 1. The van der Waals surface area contributed by atoms with E-state index in [1.54, 1.807) is 17.2 Å². The monoisotopic (exact) mass is 311 g/mol. The van der Waals surface area contributed by atoms with Gasteiger partial charge in [-0.3, -0.25) is 0 Å². The van der Waals surface area contributed by atoms with E-state index in [2.05, 4.69) is 17.2 Å². The van der Waals surface area contributed by atoms with Crippen molar-refractivity contribution in [1.82, 2.24) is 15.2 Å². The lowest BCUT2D eigenvalue weighted by molar-refractivity contribution is 0.0133. The van der Waals surface area contributed by atoms with Gasteiger partial charge in [0, 0.05) is 25.8 Å². The Balaban J connectivity index is 2.12. The average Bonchev–Trinajstić information content (AvgIpc) is 2.37. The van der Waals surface area contributed by atoms with Crippen molar-refractivity contribution in [2.45, 2.75) is 38.8 Å². The minimum absolute atomic E-state index is 0.280. The molecule has 5 nitrogen and oxygen atoms in total. The lowest BCUT2D eigenvalue weighted by Gasteiger charge is -2.41. The number of amides is 1. The normalized spacial score (nSPS) is 23.0. The molecule has 1 aromatic heterocycles. The van der Waals surface area contributed by atoms with Gasteiger partial charge in [-0.2, -0.15) is 0 Å². The van der Waals surface area contributed by atoms with Gasteiger partial charge in [0.1, 0.15) is 10.8 Å². The van der Waals surface area contributed by atoms with Crippen molar-refractivity contribution in [3.05, 3.63) is 29.0 Å². The Morgan fingerprint density at radius 2 is 2.19 bits per heavy atom. The van der Waals surface area contributed by atoms with Crippen LogP contribution in [0, 0.1) is 0 Å². The Morgan fingerprint density at radius 3 is 2.76 bits per heavy atom. The molecular formula is C15H22ClN3O2. The first-order chi connectivity index (χ1) is 9.70. The molecule has 116 valence electrons. The summed E-state index contributed by atoms with van der Waals surface area (Å²) in [6.45, 7) is 9.53. The lowest BCUT2D eigenvalue weighted by Crippen LogP contribution is -2.58. The van der Waals surface area contributed by atoms with E-state index in [1.807, 2.05) is 26.8 Å². The minimum atomic E-state index is -0.486. The van der Waals surface area contributed by atoms with Crippen LogP contribution < -0.4 is 5.32 Å². The summed E-state index contributed by atoms with van der Waals surface area (Å²) in [6.07, 6.45) is 1.46.